The van der Waals surface area contributed by atoms with Crippen molar-refractivity contribution in [3.63, 3.8) is 0 Å². The largest absolute Gasteiger partial charge is 0.382 e. The lowest BCUT2D eigenvalue weighted by Crippen LogP contribution is -2.25. The van der Waals surface area contributed by atoms with Crippen molar-refractivity contribution < 1.29 is 19.1 Å². The lowest BCUT2D eigenvalue weighted by molar-refractivity contribution is 0.0942. The maximum absolute atomic E-state index is 12.8. The molecular formula is C26H24N2O4. The summed E-state index contributed by atoms with van der Waals surface area (Å²) in [4.78, 5) is 37.9. The quantitative estimate of drug-likeness (QED) is 0.410. The molecule has 0 atom stereocenters. The molecule has 0 fully saturated rings. The van der Waals surface area contributed by atoms with Gasteiger partial charge in [0.05, 0.1) is 0 Å². The molecule has 1 aliphatic carbocycles. The molecule has 0 saturated carbocycles. The molecule has 0 bridgehead atoms. The molecule has 0 unspecified atom stereocenters. The zero-order valence-corrected chi connectivity index (χ0v) is 17.8. The summed E-state index contributed by atoms with van der Waals surface area (Å²) >= 11 is 0. The number of benzene rings is 3. The average molecular weight is 428 g/mol. The summed E-state index contributed by atoms with van der Waals surface area (Å²) in [5.74, 6) is -0.627. The number of fused-ring (bicyclic) bond motifs is 3. The number of carbonyl (C=O) groups is 3. The summed E-state index contributed by atoms with van der Waals surface area (Å²) in [6, 6.07) is 19.3. The number of amides is 2. The second-order valence-electron chi connectivity index (χ2n) is 7.48. The normalized spacial score (nSPS) is 11.6. The van der Waals surface area contributed by atoms with Gasteiger partial charge in [0.15, 0.2) is 5.78 Å². The first-order valence-corrected chi connectivity index (χ1v) is 10.6. The summed E-state index contributed by atoms with van der Waals surface area (Å²) in [6.07, 6.45) is 0.733. The van der Waals surface area contributed by atoms with Crippen LogP contribution in [0.1, 0.15) is 50.0 Å². The number of hydrogen-bond acceptors (Lipinski definition) is 4. The average Bonchev–Trinajstić information content (AvgIpc) is 3.11. The molecule has 0 aliphatic heterocycles. The van der Waals surface area contributed by atoms with Crippen molar-refractivity contribution in [3.05, 3.63) is 89.0 Å². The maximum Gasteiger partial charge on any atom is 0.255 e. The molecule has 2 amide bonds. The third-order valence-electron chi connectivity index (χ3n) is 5.33. The van der Waals surface area contributed by atoms with Crippen LogP contribution >= 0.6 is 0 Å². The van der Waals surface area contributed by atoms with E-state index in [-0.39, 0.29) is 17.6 Å². The fourth-order valence-electron chi connectivity index (χ4n) is 3.73. The van der Waals surface area contributed by atoms with Gasteiger partial charge in [-0.2, -0.15) is 0 Å². The van der Waals surface area contributed by atoms with Crippen molar-refractivity contribution in [3.8, 4) is 11.1 Å². The Hall–Kier alpha value is -3.77. The van der Waals surface area contributed by atoms with Crippen molar-refractivity contribution in [1.29, 1.82) is 0 Å². The van der Waals surface area contributed by atoms with E-state index in [0.29, 0.717) is 47.7 Å². The minimum Gasteiger partial charge on any atom is -0.382 e. The Balaban J connectivity index is 1.43. The predicted octanol–water partition coefficient (Wildman–Crippen LogP) is 4.31. The van der Waals surface area contributed by atoms with Gasteiger partial charge in [-0.1, -0.05) is 36.4 Å². The number of ketones is 1. The van der Waals surface area contributed by atoms with Gasteiger partial charge < -0.3 is 15.4 Å². The Morgan fingerprint density at radius 2 is 1.56 bits per heavy atom. The molecule has 3 aromatic carbocycles. The predicted molar refractivity (Wildman–Crippen MR) is 123 cm³/mol. The van der Waals surface area contributed by atoms with Crippen LogP contribution in [-0.2, 0) is 4.74 Å². The van der Waals surface area contributed by atoms with Crippen LogP contribution in [0.25, 0.3) is 11.1 Å². The van der Waals surface area contributed by atoms with Gasteiger partial charge in [0.1, 0.15) is 0 Å². The van der Waals surface area contributed by atoms with Gasteiger partial charge in [-0.15, -0.1) is 0 Å². The van der Waals surface area contributed by atoms with Gasteiger partial charge in [-0.05, 0) is 54.8 Å². The number of ether oxygens (including phenoxy) is 1. The molecule has 0 radical (unpaired) electrons. The van der Waals surface area contributed by atoms with E-state index in [4.69, 9.17) is 4.74 Å². The van der Waals surface area contributed by atoms with E-state index in [1.54, 1.807) is 48.5 Å². The smallest absolute Gasteiger partial charge is 0.255 e. The Morgan fingerprint density at radius 3 is 2.38 bits per heavy atom. The van der Waals surface area contributed by atoms with Crippen molar-refractivity contribution in [2.75, 3.05) is 25.1 Å². The number of nitrogens with one attached hydrogen (secondary N) is 2. The van der Waals surface area contributed by atoms with E-state index in [2.05, 4.69) is 10.6 Å². The van der Waals surface area contributed by atoms with E-state index in [1.807, 2.05) is 25.1 Å². The van der Waals surface area contributed by atoms with Crippen LogP contribution in [0.5, 0.6) is 0 Å². The molecular weight excluding hydrogens is 404 g/mol. The number of anilines is 1. The molecule has 0 spiro atoms. The van der Waals surface area contributed by atoms with Crippen LogP contribution in [0.15, 0.2) is 66.7 Å². The molecule has 2 N–H and O–H groups in total. The Labute approximate surface area is 186 Å². The van der Waals surface area contributed by atoms with Gasteiger partial charge in [0, 0.05) is 47.7 Å². The van der Waals surface area contributed by atoms with E-state index >= 15 is 0 Å². The van der Waals surface area contributed by atoms with Crippen LogP contribution in [0, 0.1) is 0 Å². The summed E-state index contributed by atoms with van der Waals surface area (Å²) < 4.78 is 5.26. The molecule has 32 heavy (non-hydrogen) atoms. The van der Waals surface area contributed by atoms with E-state index in [9.17, 15) is 14.4 Å². The number of rotatable bonds is 8. The molecule has 0 saturated heterocycles. The maximum atomic E-state index is 12.8. The molecule has 6 heteroatoms. The number of carbonyl (C=O) groups excluding carboxylic acids is 3. The van der Waals surface area contributed by atoms with Crippen molar-refractivity contribution in [1.82, 2.24) is 5.32 Å². The van der Waals surface area contributed by atoms with Crippen molar-refractivity contribution >= 4 is 23.3 Å². The molecule has 6 nitrogen and oxygen atoms in total. The van der Waals surface area contributed by atoms with Crippen LogP contribution in [0.2, 0.25) is 0 Å². The standard InChI is InChI=1S/C26H24N2O4/c1-2-32-14-6-13-27-25(30)17-7-5-8-19(15-17)28-26(31)18-11-12-21-20-9-3-4-10-22(20)24(29)23(21)16-18/h3-5,7-12,15-16H,2,6,13-14H2,1H3,(H,27,30)(H,28,31). The summed E-state index contributed by atoms with van der Waals surface area (Å²) in [6.45, 7) is 3.70. The zero-order valence-electron chi connectivity index (χ0n) is 17.8. The first kappa shape index (κ1) is 21.5. The molecule has 1 aliphatic rings. The van der Waals surface area contributed by atoms with E-state index in [0.717, 1.165) is 17.5 Å². The van der Waals surface area contributed by atoms with Gasteiger partial charge in [0.25, 0.3) is 11.8 Å². The first-order valence-electron chi connectivity index (χ1n) is 10.6. The highest BCUT2D eigenvalue weighted by Gasteiger charge is 2.27. The fraction of sp³-hybridized carbons (Fsp3) is 0.192. The Kier molecular flexibility index (Phi) is 6.42. The lowest BCUT2D eigenvalue weighted by atomic mass is 10.0. The summed E-state index contributed by atoms with van der Waals surface area (Å²) in [7, 11) is 0. The Morgan fingerprint density at radius 1 is 0.812 bits per heavy atom. The molecule has 0 aromatic heterocycles. The highest BCUT2D eigenvalue weighted by Crippen LogP contribution is 2.36. The minimum atomic E-state index is -0.342. The Bertz CT molecular complexity index is 1190. The molecule has 162 valence electrons. The van der Waals surface area contributed by atoms with Gasteiger partial charge in [-0.25, -0.2) is 0 Å². The van der Waals surface area contributed by atoms with E-state index < -0.39 is 0 Å². The second-order valence-corrected chi connectivity index (χ2v) is 7.48. The molecule has 4 rings (SSSR count). The lowest BCUT2D eigenvalue weighted by Gasteiger charge is -2.09. The van der Waals surface area contributed by atoms with Crippen LogP contribution in [0.4, 0.5) is 5.69 Å². The summed E-state index contributed by atoms with van der Waals surface area (Å²) in [5, 5.41) is 5.66. The SMILES string of the molecule is CCOCCCNC(=O)c1cccc(NC(=O)c2ccc3c(c2)C(=O)c2ccccc2-3)c1. The fourth-order valence-corrected chi connectivity index (χ4v) is 3.73. The van der Waals surface area contributed by atoms with Crippen LogP contribution < -0.4 is 10.6 Å². The van der Waals surface area contributed by atoms with Gasteiger partial charge >= 0.3 is 0 Å². The van der Waals surface area contributed by atoms with E-state index in [1.165, 1.54) is 0 Å². The van der Waals surface area contributed by atoms with Crippen LogP contribution in [-0.4, -0.2) is 37.4 Å². The van der Waals surface area contributed by atoms with Crippen LogP contribution in [0.3, 0.4) is 0 Å². The van der Waals surface area contributed by atoms with Crippen molar-refractivity contribution in [2.24, 2.45) is 0 Å². The first-order chi connectivity index (χ1) is 15.6. The minimum absolute atomic E-state index is 0.0757. The highest BCUT2D eigenvalue weighted by atomic mass is 16.5. The molecule has 3 aromatic rings. The number of hydrogen-bond donors (Lipinski definition) is 2. The third-order valence-corrected chi connectivity index (χ3v) is 5.33. The molecule has 0 heterocycles. The zero-order chi connectivity index (χ0) is 22.5. The third kappa shape index (κ3) is 4.45. The van der Waals surface area contributed by atoms with Crippen molar-refractivity contribution in [2.45, 2.75) is 13.3 Å². The second kappa shape index (κ2) is 9.58. The van der Waals surface area contributed by atoms with Gasteiger partial charge in [0.2, 0.25) is 0 Å². The topological polar surface area (TPSA) is 84.5 Å². The highest BCUT2D eigenvalue weighted by molar-refractivity contribution is 6.22. The monoisotopic (exact) mass is 428 g/mol. The van der Waals surface area contributed by atoms with Gasteiger partial charge in [-0.3, -0.25) is 14.4 Å². The summed E-state index contributed by atoms with van der Waals surface area (Å²) in [5.41, 5.74) is 4.25.